The molecule has 5 atom stereocenters. The molecule has 82 valence electrons. The Morgan fingerprint density at radius 2 is 1.93 bits per heavy atom. The Balaban J connectivity index is 2.67. The van der Waals surface area contributed by atoms with E-state index in [-0.39, 0.29) is 6.61 Å². The third-order valence-corrected chi connectivity index (χ3v) is 2.27. The summed E-state index contributed by atoms with van der Waals surface area (Å²) in [6.45, 7) is 0.936. The first-order chi connectivity index (χ1) is 6.45. The van der Waals surface area contributed by atoms with Crippen LogP contribution in [0.4, 0.5) is 0 Å². The van der Waals surface area contributed by atoms with E-state index < -0.39 is 36.3 Å². The highest BCUT2D eigenvalue weighted by Crippen LogP contribution is 2.18. The van der Waals surface area contributed by atoms with Gasteiger partial charge in [-0.05, 0) is 6.92 Å². The molecule has 0 aliphatic carbocycles. The first kappa shape index (κ1) is 11.5. The summed E-state index contributed by atoms with van der Waals surface area (Å²) in [5.41, 5.74) is 0. The molecule has 6 nitrogen and oxygen atoms in total. The van der Waals surface area contributed by atoms with Crippen LogP contribution in [0.2, 0.25) is 0 Å². The molecule has 0 aromatic heterocycles. The van der Waals surface area contributed by atoms with Crippen molar-refractivity contribution in [1.82, 2.24) is 0 Å². The zero-order valence-electron chi connectivity index (χ0n) is 7.70. The average Bonchev–Trinajstić information content (AvgIpc) is 2.13. The maximum atomic E-state index is 10.8. The fourth-order valence-electron chi connectivity index (χ4n) is 1.34. The van der Waals surface area contributed by atoms with Crippen LogP contribution in [-0.2, 0) is 9.53 Å². The molecule has 6 heteroatoms. The molecule has 0 amide bonds. The molecule has 0 aromatic carbocycles. The van der Waals surface area contributed by atoms with E-state index in [1.165, 1.54) is 0 Å². The SMILES string of the molecule is CC(=O)C(O)[C@H]1OC[C@@H](O)[C@@H](O)[C@@H]1O. The zero-order valence-corrected chi connectivity index (χ0v) is 7.70. The van der Waals surface area contributed by atoms with Gasteiger partial charge in [0, 0.05) is 0 Å². The second kappa shape index (κ2) is 4.33. The van der Waals surface area contributed by atoms with Crippen molar-refractivity contribution < 1.29 is 30.0 Å². The summed E-state index contributed by atoms with van der Waals surface area (Å²) >= 11 is 0. The highest BCUT2D eigenvalue weighted by atomic mass is 16.5. The Bertz CT molecular complexity index is 218. The Kier molecular flexibility index (Phi) is 3.57. The number of hydrogen-bond donors (Lipinski definition) is 4. The number of Topliss-reactive ketones (excluding diaryl/α,β-unsaturated/α-hetero) is 1. The van der Waals surface area contributed by atoms with Crippen molar-refractivity contribution in [3.63, 3.8) is 0 Å². The minimum Gasteiger partial charge on any atom is -0.388 e. The first-order valence-corrected chi connectivity index (χ1v) is 4.29. The summed E-state index contributed by atoms with van der Waals surface area (Å²) in [4.78, 5) is 10.8. The van der Waals surface area contributed by atoms with Crippen LogP contribution >= 0.6 is 0 Å². The number of aliphatic hydroxyl groups is 4. The van der Waals surface area contributed by atoms with Crippen LogP contribution in [0.3, 0.4) is 0 Å². The number of carbonyl (C=O) groups is 1. The van der Waals surface area contributed by atoms with E-state index in [0.717, 1.165) is 6.92 Å². The van der Waals surface area contributed by atoms with Gasteiger partial charge in [-0.15, -0.1) is 0 Å². The molecule has 14 heavy (non-hydrogen) atoms. The molecular weight excluding hydrogens is 192 g/mol. The van der Waals surface area contributed by atoms with Crippen molar-refractivity contribution in [3.05, 3.63) is 0 Å². The lowest BCUT2D eigenvalue weighted by molar-refractivity contribution is -0.210. The molecule has 4 N–H and O–H groups in total. The predicted octanol–water partition coefficient (Wildman–Crippen LogP) is -2.58. The van der Waals surface area contributed by atoms with E-state index in [2.05, 4.69) is 0 Å². The maximum absolute atomic E-state index is 10.8. The lowest BCUT2D eigenvalue weighted by Gasteiger charge is -2.36. The van der Waals surface area contributed by atoms with E-state index in [1.54, 1.807) is 0 Å². The number of carbonyl (C=O) groups excluding carboxylic acids is 1. The second-order valence-corrected chi connectivity index (χ2v) is 3.40. The van der Waals surface area contributed by atoms with Crippen molar-refractivity contribution in [1.29, 1.82) is 0 Å². The quantitative estimate of drug-likeness (QED) is 0.395. The second-order valence-electron chi connectivity index (χ2n) is 3.40. The maximum Gasteiger partial charge on any atom is 0.160 e. The van der Waals surface area contributed by atoms with E-state index in [9.17, 15) is 20.1 Å². The molecule has 1 aliphatic heterocycles. The fraction of sp³-hybridized carbons (Fsp3) is 0.875. The van der Waals surface area contributed by atoms with Gasteiger partial charge in [-0.2, -0.15) is 0 Å². The number of ether oxygens (including phenoxy) is 1. The lowest BCUT2D eigenvalue weighted by atomic mass is 9.95. The van der Waals surface area contributed by atoms with E-state index in [4.69, 9.17) is 9.84 Å². The predicted molar refractivity (Wildman–Crippen MR) is 44.4 cm³/mol. The van der Waals surface area contributed by atoms with Gasteiger partial charge < -0.3 is 25.2 Å². The third-order valence-electron chi connectivity index (χ3n) is 2.27. The average molecular weight is 206 g/mol. The molecule has 1 saturated heterocycles. The van der Waals surface area contributed by atoms with Gasteiger partial charge >= 0.3 is 0 Å². The minimum absolute atomic E-state index is 0.215. The molecular formula is C8H14O6. The van der Waals surface area contributed by atoms with Crippen LogP contribution in [0.1, 0.15) is 6.92 Å². The molecule has 1 fully saturated rings. The van der Waals surface area contributed by atoms with Gasteiger partial charge in [-0.25, -0.2) is 0 Å². The van der Waals surface area contributed by atoms with Gasteiger partial charge in [0.05, 0.1) is 6.61 Å². The van der Waals surface area contributed by atoms with Crippen molar-refractivity contribution in [2.24, 2.45) is 0 Å². The summed E-state index contributed by atoms with van der Waals surface area (Å²) in [7, 11) is 0. The Labute approximate surface area is 80.7 Å². The smallest absolute Gasteiger partial charge is 0.160 e. The zero-order chi connectivity index (χ0) is 10.9. The molecule has 1 aliphatic rings. The highest BCUT2D eigenvalue weighted by molar-refractivity contribution is 5.80. The van der Waals surface area contributed by atoms with Crippen molar-refractivity contribution in [2.45, 2.75) is 37.4 Å². The topological polar surface area (TPSA) is 107 Å². The summed E-state index contributed by atoms with van der Waals surface area (Å²) in [6.07, 6.45) is -6.71. The normalized spacial score (nSPS) is 40.6. The summed E-state index contributed by atoms with van der Waals surface area (Å²) in [6, 6.07) is 0. The number of rotatable bonds is 2. The molecule has 0 bridgehead atoms. The van der Waals surface area contributed by atoms with Gasteiger partial charge in [0.25, 0.3) is 0 Å². The van der Waals surface area contributed by atoms with Crippen LogP contribution in [0, 0.1) is 0 Å². The monoisotopic (exact) mass is 206 g/mol. The van der Waals surface area contributed by atoms with Gasteiger partial charge in [-0.1, -0.05) is 0 Å². The van der Waals surface area contributed by atoms with E-state index in [0.29, 0.717) is 0 Å². The van der Waals surface area contributed by atoms with Crippen LogP contribution in [0.15, 0.2) is 0 Å². The van der Waals surface area contributed by atoms with E-state index >= 15 is 0 Å². The third kappa shape index (κ3) is 2.10. The van der Waals surface area contributed by atoms with Crippen LogP contribution in [0.5, 0.6) is 0 Å². The van der Waals surface area contributed by atoms with Crippen molar-refractivity contribution in [2.75, 3.05) is 6.61 Å². The number of hydrogen-bond acceptors (Lipinski definition) is 6. The molecule has 1 rings (SSSR count). The minimum atomic E-state index is -1.48. The standard InChI is InChI=1S/C8H14O6/c1-3(9)5(11)8-7(13)6(12)4(10)2-14-8/h4-8,10-13H,2H2,1H3/t4-,5?,6-,7+,8-/m1/s1. The molecule has 0 saturated carbocycles. The number of ketones is 1. The molecule has 0 aromatic rings. The fourth-order valence-corrected chi connectivity index (χ4v) is 1.34. The van der Waals surface area contributed by atoms with Crippen LogP contribution in [-0.4, -0.2) is 63.3 Å². The molecule has 0 spiro atoms. The van der Waals surface area contributed by atoms with Crippen LogP contribution < -0.4 is 0 Å². The van der Waals surface area contributed by atoms with Gasteiger partial charge in [0.1, 0.15) is 30.5 Å². The van der Waals surface area contributed by atoms with E-state index in [1.807, 2.05) is 0 Å². The van der Waals surface area contributed by atoms with Gasteiger partial charge in [-0.3, -0.25) is 4.79 Å². The van der Waals surface area contributed by atoms with Gasteiger partial charge in [0.15, 0.2) is 5.78 Å². The molecule has 1 heterocycles. The summed E-state index contributed by atoms with van der Waals surface area (Å²) in [5.74, 6) is -0.558. The Morgan fingerprint density at radius 3 is 2.43 bits per heavy atom. The number of aliphatic hydroxyl groups excluding tert-OH is 4. The summed E-state index contributed by atoms with van der Waals surface area (Å²) < 4.78 is 4.87. The molecule has 0 radical (unpaired) electrons. The Hall–Kier alpha value is -0.530. The lowest BCUT2D eigenvalue weighted by Crippen LogP contribution is -2.57. The Morgan fingerprint density at radius 1 is 1.36 bits per heavy atom. The first-order valence-electron chi connectivity index (χ1n) is 4.29. The van der Waals surface area contributed by atoms with Crippen LogP contribution in [0.25, 0.3) is 0 Å². The largest absolute Gasteiger partial charge is 0.388 e. The summed E-state index contributed by atoms with van der Waals surface area (Å²) in [5, 5.41) is 37.0. The highest BCUT2D eigenvalue weighted by Gasteiger charge is 2.42. The van der Waals surface area contributed by atoms with Crippen molar-refractivity contribution >= 4 is 5.78 Å². The van der Waals surface area contributed by atoms with Gasteiger partial charge in [0.2, 0.25) is 0 Å². The van der Waals surface area contributed by atoms with Crippen molar-refractivity contribution in [3.8, 4) is 0 Å². The molecule has 1 unspecified atom stereocenters.